The highest BCUT2D eigenvalue weighted by Crippen LogP contribution is 2.34. The maximum Gasteiger partial charge on any atom is 0.100 e. The number of unbranched alkanes of at least 4 members (excludes halogenated alkanes) is 3. The first-order valence-corrected chi connectivity index (χ1v) is 10.3. The van der Waals surface area contributed by atoms with Gasteiger partial charge in [-0.05, 0) is 66.7 Å². The molecule has 1 saturated carbocycles. The standard InChI is InChI=1S/C25H31F/c1-2-3-4-5-6-7-20-8-10-21(11-9-20)22-12-14-23(15-13-22)24-16-18-25(26)19-17-24/h6-15,24-25H,2-5,16-19H2,1H3/b7-6+. The molecule has 0 aromatic heterocycles. The summed E-state index contributed by atoms with van der Waals surface area (Å²) in [6.07, 6.45) is 12.4. The molecular formula is C25H31F. The third kappa shape index (κ3) is 5.30. The Hall–Kier alpha value is -1.89. The zero-order chi connectivity index (χ0) is 18.2. The molecule has 0 atom stereocenters. The fraction of sp³-hybridized carbons (Fsp3) is 0.440. The molecule has 0 nitrogen and oxygen atoms in total. The van der Waals surface area contributed by atoms with Crippen molar-refractivity contribution in [3.05, 3.63) is 65.7 Å². The van der Waals surface area contributed by atoms with Crippen molar-refractivity contribution < 1.29 is 4.39 Å². The normalized spacial score (nSPS) is 20.5. The van der Waals surface area contributed by atoms with Gasteiger partial charge < -0.3 is 0 Å². The Morgan fingerprint density at radius 3 is 2.08 bits per heavy atom. The van der Waals surface area contributed by atoms with E-state index in [1.807, 2.05) is 0 Å². The van der Waals surface area contributed by atoms with Gasteiger partial charge in [-0.1, -0.05) is 80.4 Å². The summed E-state index contributed by atoms with van der Waals surface area (Å²) < 4.78 is 13.3. The Morgan fingerprint density at radius 1 is 0.846 bits per heavy atom. The third-order valence-corrected chi connectivity index (χ3v) is 5.57. The van der Waals surface area contributed by atoms with Crippen LogP contribution in [-0.2, 0) is 0 Å². The van der Waals surface area contributed by atoms with Crippen molar-refractivity contribution in [2.75, 3.05) is 0 Å². The minimum atomic E-state index is -0.579. The lowest BCUT2D eigenvalue weighted by Gasteiger charge is -2.24. The van der Waals surface area contributed by atoms with E-state index in [0.717, 1.165) is 25.7 Å². The third-order valence-electron chi connectivity index (χ3n) is 5.57. The van der Waals surface area contributed by atoms with Crippen molar-refractivity contribution in [1.82, 2.24) is 0 Å². The zero-order valence-electron chi connectivity index (χ0n) is 16.0. The van der Waals surface area contributed by atoms with Crippen molar-refractivity contribution in [2.45, 2.75) is 70.4 Å². The van der Waals surface area contributed by atoms with E-state index in [1.165, 1.54) is 47.9 Å². The lowest BCUT2D eigenvalue weighted by atomic mass is 9.83. The fourth-order valence-corrected chi connectivity index (χ4v) is 3.85. The zero-order valence-corrected chi connectivity index (χ0v) is 16.0. The topological polar surface area (TPSA) is 0 Å². The number of allylic oxidation sites excluding steroid dienone is 1. The SMILES string of the molecule is CCCCC/C=C/c1ccc(-c2ccc(C3CCC(F)CC3)cc2)cc1. The molecule has 0 aliphatic heterocycles. The molecule has 0 radical (unpaired) electrons. The van der Waals surface area contributed by atoms with Crippen LogP contribution < -0.4 is 0 Å². The summed E-state index contributed by atoms with van der Waals surface area (Å²) in [5.74, 6) is 0.538. The first kappa shape index (κ1) is 18.9. The van der Waals surface area contributed by atoms with Crippen molar-refractivity contribution in [1.29, 1.82) is 0 Å². The molecule has 0 spiro atoms. The van der Waals surface area contributed by atoms with Crippen LogP contribution >= 0.6 is 0 Å². The summed E-state index contributed by atoms with van der Waals surface area (Å²) in [4.78, 5) is 0. The maximum atomic E-state index is 13.3. The van der Waals surface area contributed by atoms with Gasteiger partial charge in [-0.3, -0.25) is 0 Å². The number of alkyl halides is 1. The predicted octanol–water partition coefficient (Wildman–Crippen LogP) is 7.94. The molecule has 3 rings (SSSR count). The molecule has 0 bridgehead atoms. The lowest BCUT2D eigenvalue weighted by molar-refractivity contribution is 0.235. The van der Waals surface area contributed by atoms with E-state index in [-0.39, 0.29) is 0 Å². The van der Waals surface area contributed by atoms with Gasteiger partial charge in [0.2, 0.25) is 0 Å². The van der Waals surface area contributed by atoms with Crippen LogP contribution in [0.5, 0.6) is 0 Å². The molecule has 2 aromatic rings. The Bertz CT molecular complexity index is 673. The molecule has 1 heteroatoms. The molecule has 1 fully saturated rings. The predicted molar refractivity (Wildman–Crippen MR) is 111 cm³/mol. The van der Waals surface area contributed by atoms with E-state index in [2.05, 4.69) is 67.6 Å². The maximum absolute atomic E-state index is 13.3. The quantitative estimate of drug-likeness (QED) is 0.444. The number of benzene rings is 2. The van der Waals surface area contributed by atoms with Crippen molar-refractivity contribution in [3.8, 4) is 11.1 Å². The average molecular weight is 351 g/mol. The van der Waals surface area contributed by atoms with Gasteiger partial charge in [-0.2, -0.15) is 0 Å². The molecular weight excluding hydrogens is 319 g/mol. The number of hydrogen-bond acceptors (Lipinski definition) is 0. The lowest BCUT2D eigenvalue weighted by Crippen LogP contribution is -2.13. The summed E-state index contributed by atoms with van der Waals surface area (Å²) in [6.45, 7) is 2.24. The van der Waals surface area contributed by atoms with Crippen molar-refractivity contribution >= 4 is 6.08 Å². The van der Waals surface area contributed by atoms with Gasteiger partial charge in [-0.15, -0.1) is 0 Å². The van der Waals surface area contributed by atoms with Gasteiger partial charge >= 0.3 is 0 Å². The van der Waals surface area contributed by atoms with Crippen LogP contribution in [0.25, 0.3) is 17.2 Å². The number of rotatable bonds is 7. The molecule has 1 aliphatic carbocycles. The fourth-order valence-electron chi connectivity index (χ4n) is 3.85. The highest BCUT2D eigenvalue weighted by atomic mass is 19.1. The van der Waals surface area contributed by atoms with E-state index in [4.69, 9.17) is 0 Å². The van der Waals surface area contributed by atoms with Crippen LogP contribution in [0.15, 0.2) is 54.6 Å². The summed E-state index contributed by atoms with van der Waals surface area (Å²) in [6, 6.07) is 17.7. The van der Waals surface area contributed by atoms with Crippen LogP contribution in [0, 0.1) is 0 Å². The minimum absolute atomic E-state index is 0.538. The van der Waals surface area contributed by atoms with E-state index < -0.39 is 6.17 Å². The Balaban J connectivity index is 1.58. The van der Waals surface area contributed by atoms with Gasteiger partial charge in [0, 0.05) is 0 Å². The molecule has 0 unspecified atom stereocenters. The summed E-state index contributed by atoms with van der Waals surface area (Å²) >= 11 is 0. The van der Waals surface area contributed by atoms with E-state index in [9.17, 15) is 4.39 Å². The molecule has 0 amide bonds. The first-order valence-electron chi connectivity index (χ1n) is 10.3. The molecule has 26 heavy (non-hydrogen) atoms. The molecule has 2 aromatic carbocycles. The highest BCUT2D eigenvalue weighted by Gasteiger charge is 2.21. The largest absolute Gasteiger partial charge is 0.247 e. The molecule has 0 N–H and O–H groups in total. The van der Waals surface area contributed by atoms with Crippen molar-refractivity contribution in [2.24, 2.45) is 0 Å². The highest BCUT2D eigenvalue weighted by molar-refractivity contribution is 5.66. The van der Waals surface area contributed by atoms with Gasteiger partial charge in [-0.25, -0.2) is 4.39 Å². The second kappa shape index (κ2) is 9.71. The van der Waals surface area contributed by atoms with E-state index in [0.29, 0.717) is 5.92 Å². The molecule has 1 aliphatic rings. The minimum Gasteiger partial charge on any atom is -0.247 e. The van der Waals surface area contributed by atoms with Gasteiger partial charge in [0.1, 0.15) is 6.17 Å². The van der Waals surface area contributed by atoms with Gasteiger partial charge in [0.25, 0.3) is 0 Å². The number of halogens is 1. The van der Waals surface area contributed by atoms with Gasteiger partial charge in [0.05, 0.1) is 0 Å². The van der Waals surface area contributed by atoms with Crippen LogP contribution in [-0.4, -0.2) is 6.17 Å². The Morgan fingerprint density at radius 2 is 1.46 bits per heavy atom. The monoisotopic (exact) mass is 350 g/mol. The Kier molecular flexibility index (Phi) is 7.05. The van der Waals surface area contributed by atoms with Crippen molar-refractivity contribution in [3.63, 3.8) is 0 Å². The average Bonchev–Trinajstić information content (AvgIpc) is 2.69. The summed E-state index contributed by atoms with van der Waals surface area (Å²) in [5, 5.41) is 0. The van der Waals surface area contributed by atoms with Crippen LogP contribution in [0.2, 0.25) is 0 Å². The van der Waals surface area contributed by atoms with Crippen LogP contribution in [0.3, 0.4) is 0 Å². The van der Waals surface area contributed by atoms with E-state index in [1.54, 1.807) is 0 Å². The summed E-state index contributed by atoms with van der Waals surface area (Å²) in [5.41, 5.74) is 5.15. The molecule has 138 valence electrons. The molecule has 0 heterocycles. The first-order chi connectivity index (χ1) is 12.8. The number of hydrogen-bond donors (Lipinski definition) is 0. The summed E-state index contributed by atoms with van der Waals surface area (Å²) in [7, 11) is 0. The Labute approximate surface area is 158 Å². The van der Waals surface area contributed by atoms with Gasteiger partial charge in [0.15, 0.2) is 0 Å². The second-order valence-electron chi connectivity index (χ2n) is 7.59. The van der Waals surface area contributed by atoms with Crippen LogP contribution in [0.1, 0.15) is 75.3 Å². The molecule has 0 saturated heterocycles. The van der Waals surface area contributed by atoms with Crippen LogP contribution in [0.4, 0.5) is 4.39 Å². The second-order valence-corrected chi connectivity index (χ2v) is 7.59. The smallest absolute Gasteiger partial charge is 0.100 e. The van der Waals surface area contributed by atoms with E-state index >= 15 is 0 Å².